The summed E-state index contributed by atoms with van der Waals surface area (Å²) < 4.78 is 5.71. The first-order valence-corrected chi connectivity index (χ1v) is 8.01. The van der Waals surface area contributed by atoms with Gasteiger partial charge in [-0.15, -0.1) is 0 Å². The van der Waals surface area contributed by atoms with Gasteiger partial charge in [0.05, 0.1) is 0 Å². The van der Waals surface area contributed by atoms with Gasteiger partial charge in [-0.3, -0.25) is 4.79 Å². The van der Waals surface area contributed by atoms with Crippen molar-refractivity contribution in [2.75, 3.05) is 19.7 Å². The Labute approximate surface area is 131 Å². The van der Waals surface area contributed by atoms with Gasteiger partial charge >= 0.3 is 0 Å². The molecule has 22 heavy (non-hydrogen) atoms. The third-order valence-electron chi connectivity index (χ3n) is 4.30. The van der Waals surface area contributed by atoms with Crippen molar-refractivity contribution in [1.29, 1.82) is 0 Å². The third kappa shape index (κ3) is 3.41. The maximum absolute atomic E-state index is 12.3. The van der Waals surface area contributed by atoms with Crippen molar-refractivity contribution in [2.45, 2.75) is 20.3 Å². The Bertz CT molecular complexity index is 657. The van der Waals surface area contributed by atoms with Gasteiger partial charge in [0.25, 0.3) is 5.91 Å². The van der Waals surface area contributed by atoms with E-state index in [4.69, 9.17) is 4.74 Å². The van der Waals surface area contributed by atoms with Gasteiger partial charge in [0.15, 0.2) is 6.61 Å². The molecule has 0 bridgehead atoms. The number of piperidine rings is 1. The molecule has 1 aliphatic heterocycles. The molecule has 1 amide bonds. The molecule has 2 unspecified atom stereocenters. The van der Waals surface area contributed by atoms with E-state index in [0.717, 1.165) is 24.2 Å². The Morgan fingerprint density at radius 3 is 2.50 bits per heavy atom. The molecule has 0 radical (unpaired) electrons. The Kier molecular flexibility index (Phi) is 4.32. The summed E-state index contributed by atoms with van der Waals surface area (Å²) in [5.74, 6) is 2.00. The number of nitrogens with zero attached hydrogens (tertiary/aromatic N) is 1. The summed E-state index contributed by atoms with van der Waals surface area (Å²) in [5.41, 5.74) is 0. The highest BCUT2D eigenvalue weighted by atomic mass is 16.5. The SMILES string of the molecule is CC1CC(C)CN(C(=O)COc2ccc3ccccc3c2)C1. The number of likely N-dealkylation sites (tertiary alicyclic amines) is 1. The number of rotatable bonds is 3. The molecular formula is C19H23NO2. The molecule has 116 valence electrons. The molecule has 1 saturated heterocycles. The van der Waals surface area contributed by atoms with Crippen LogP contribution in [-0.4, -0.2) is 30.5 Å². The second-order valence-corrected chi connectivity index (χ2v) is 6.54. The molecule has 0 aliphatic carbocycles. The molecule has 3 heteroatoms. The normalized spacial score (nSPS) is 21.8. The number of carbonyl (C=O) groups excluding carboxylic acids is 1. The molecule has 2 atom stereocenters. The number of hydrogen-bond acceptors (Lipinski definition) is 2. The fourth-order valence-corrected chi connectivity index (χ4v) is 3.36. The lowest BCUT2D eigenvalue weighted by molar-refractivity contribution is -0.136. The minimum Gasteiger partial charge on any atom is -0.484 e. The van der Waals surface area contributed by atoms with Crippen molar-refractivity contribution in [1.82, 2.24) is 4.90 Å². The van der Waals surface area contributed by atoms with Crippen LogP contribution in [0.15, 0.2) is 42.5 Å². The predicted octanol–water partition coefficient (Wildman–Crippen LogP) is 3.72. The van der Waals surface area contributed by atoms with Gasteiger partial charge in [-0.2, -0.15) is 0 Å². The van der Waals surface area contributed by atoms with Crippen LogP contribution >= 0.6 is 0 Å². The van der Waals surface area contributed by atoms with Gasteiger partial charge in [-0.1, -0.05) is 44.2 Å². The second kappa shape index (κ2) is 6.39. The van der Waals surface area contributed by atoms with E-state index in [-0.39, 0.29) is 12.5 Å². The van der Waals surface area contributed by atoms with Crippen LogP contribution in [-0.2, 0) is 4.79 Å². The Balaban J connectivity index is 1.62. The smallest absolute Gasteiger partial charge is 0.260 e. The number of fused-ring (bicyclic) bond motifs is 1. The zero-order valence-corrected chi connectivity index (χ0v) is 13.3. The van der Waals surface area contributed by atoms with E-state index >= 15 is 0 Å². The van der Waals surface area contributed by atoms with E-state index < -0.39 is 0 Å². The van der Waals surface area contributed by atoms with Crippen molar-refractivity contribution >= 4 is 16.7 Å². The molecule has 2 aromatic rings. The first-order chi connectivity index (χ1) is 10.6. The molecule has 0 spiro atoms. The molecule has 1 aliphatic rings. The Hall–Kier alpha value is -2.03. The van der Waals surface area contributed by atoms with E-state index in [2.05, 4.69) is 26.0 Å². The summed E-state index contributed by atoms with van der Waals surface area (Å²) in [5, 5.41) is 2.31. The topological polar surface area (TPSA) is 29.5 Å². The van der Waals surface area contributed by atoms with Crippen molar-refractivity contribution < 1.29 is 9.53 Å². The lowest BCUT2D eigenvalue weighted by atomic mass is 9.92. The highest BCUT2D eigenvalue weighted by molar-refractivity contribution is 5.84. The number of hydrogen-bond donors (Lipinski definition) is 0. The van der Waals surface area contributed by atoms with Crippen molar-refractivity contribution in [3.63, 3.8) is 0 Å². The van der Waals surface area contributed by atoms with E-state index in [0.29, 0.717) is 11.8 Å². The minimum absolute atomic E-state index is 0.0894. The summed E-state index contributed by atoms with van der Waals surface area (Å²) in [7, 11) is 0. The lowest BCUT2D eigenvalue weighted by Crippen LogP contribution is -2.44. The average Bonchev–Trinajstić information content (AvgIpc) is 2.51. The lowest BCUT2D eigenvalue weighted by Gasteiger charge is -2.34. The predicted molar refractivity (Wildman–Crippen MR) is 89.0 cm³/mol. The highest BCUT2D eigenvalue weighted by Crippen LogP contribution is 2.22. The minimum atomic E-state index is 0.0894. The van der Waals surface area contributed by atoms with Gasteiger partial charge in [-0.25, -0.2) is 0 Å². The summed E-state index contributed by atoms with van der Waals surface area (Å²) >= 11 is 0. The monoisotopic (exact) mass is 297 g/mol. The summed E-state index contributed by atoms with van der Waals surface area (Å²) in [4.78, 5) is 14.3. The van der Waals surface area contributed by atoms with Crippen LogP contribution < -0.4 is 4.74 Å². The molecule has 0 saturated carbocycles. The molecule has 3 rings (SSSR count). The van der Waals surface area contributed by atoms with Crippen LogP contribution in [0, 0.1) is 11.8 Å². The van der Waals surface area contributed by atoms with E-state index in [1.54, 1.807) is 0 Å². The van der Waals surface area contributed by atoms with Crippen molar-refractivity contribution in [3.8, 4) is 5.75 Å². The third-order valence-corrected chi connectivity index (χ3v) is 4.30. The van der Waals surface area contributed by atoms with Crippen molar-refractivity contribution in [2.24, 2.45) is 11.8 Å². The zero-order chi connectivity index (χ0) is 15.5. The van der Waals surface area contributed by atoms with Gasteiger partial charge in [0.2, 0.25) is 0 Å². The number of carbonyl (C=O) groups is 1. The van der Waals surface area contributed by atoms with Crippen LogP contribution in [0.25, 0.3) is 10.8 Å². The highest BCUT2D eigenvalue weighted by Gasteiger charge is 2.25. The molecule has 2 aromatic carbocycles. The molecule has 0 N–H and O–H groups in total. The summed E-state index contributed by atoms with van der Waals surface area (Å²) in [6, 6.07) is 14.1. The standard InChI is InChI=1S/C19H23NO2/c1-14-9-15(2)12-20(11-14)19(21)13-22-18-8-7-16-5-3-4-6-17(16)10-18/h3-8,10,14-15H,9,11-13H2,1-2H3. The molecular weight excluding hydrogens is 274 g/mol. The fraction of sp³-hybridized carbons (Fsp3) is 0.421. The molecule has 1 fully saturated rings. The van der Waals surface area contributed by atoms with E-state index in [9.17, 15) is 4.79 Å². The van der Waals surface area contributed by atoms with Gasteiger partial charge in [0.1, 0.15) is 5.75 Å². The van der Waals surface area contributed by atoms with E-state index in [1.165, 1.54) is 11.8 Å². The molecule has 0 aromatic heterocycles. The molecule has 1 heterocycles. The average molecular weight is 297 g/mol. The van der Waals surface area contributed by atoms with Gasteiger partial charge in [0, 0.05) is 13.1 Å². The maximum atomic E-state index is 12.3. The number of ether oxygens (including phenoxy) is 1. The van der Waals surface area contributed by atoms with E-state index in [1.807, 2.05) is 35.2 Å². The first-order valence-electron chi connectivity index (χ1n) is 8.01. The van der Waals surface area contributed by atoms with Gasteiger partial charge < -0.3 is 9.64 Å². The largest absolute Gasteiger partial charge is 0.484 e. The Morgan fingerprint density at radius 2 is 1.77 bits per heavy atom. The Morgan fingerprint density at radius 1 is 1.09 bits per heavy atom. The van der Waals surface area contributed by atoms with Crippen LogP contribution in [0.5, 0.6) is 5.75 Å². The van der Waals surface area contributed by atoms with Crippen LogP contribution in [0.3, 0.4) is 0 Å². The van der Waals surface area contributed by atoms with Crippen LogP contribution in [0.2, 0.25) is 0 Å². The van der Waals surface area contributed by atoms with Gasteiger partial charge in [-0.05, 0) is 41.2 Å². The number of amides is 1. The first kappa shape index (κ1) is 14.9. The molecule has 3 nitrogen and oxygen atoms in total. The maximum Gasteiger partial charge on any atom is 0.260 e. The van der Waals surface area contributed by atoms with Crippen LogP contribution in [0.4, 0.5) is 0 Å². The quantitative estimate of drug-likeness (QED) is 0.864. The fourth-order valence-electron chi connectivity index (χ4n) is 3.36. The zero-order valence-electron chi connectivity index (χ0n) is 13.3. The van der Waals surface area contributed by atoms with Crippen LogP contribution in [0.1, 0.15) is 20.3 Å². The summed E-state index contributed by atoms with van der Waals surface area (Å²) in [6.45, 7) is 6.24. The van der Waals surface area contributed by atoms with Crippen molar-refractivity contribution in [3.05, 3.63) is 42.5 Å². The summed E-state index contributed by atoms with van der Waals surface area (Å²) in [6.07, 6.45) is 1.20. The second-order valence-electron chi connectivity index (χ2n) is 6.54. The number of benzene rings is 2.